The minimum absolute atomic E-state index is 0.571. The van der Waals surface area contributed by atoms with E-state index >= 15 is 0 Å². The summed E-state index contributed by atoms with van der Waals surface area (Å²) in [7, 11) is 1.64. The van der Waals surface area contributed by atoms with Crippen molar-refractivity contribution >= 4 is 11.6 Å². The lowest BCUT2D eigenvalue weighted by molar-refractivity contribution is 0.311. The van der Waals surface area contributed by atoms with Crippen LogP contribution in [0.25, 0.3) is 0 Å². The molecule has 0 aliphatic carbocycles. The van der Waals surface area contributed by atoms with E-state index in [0.29, 0.717) is 24.9 Å². The number of imidazole rings is 1. The average molecular weight is 408 g/mol. The van der Waals surface area contributed by atoms with Crippen LogP contribution in [-0.2, 0) is 13.1 Å². The molecule has 2 N–H and O–H groups in total. The molecule has 0 radical (unpaired) electrons. The summed E-state index contributed by atoms with van der Waals surface area (Å²) in [6.45, 7) is 6.71. The molecule has 0 bridgehead atoms. The summed E-state index contributed by atoms with van der Waals surface area (Å²) in [6, 6.07) is 14.2. The highest BCUT2D eigenvalue weighted by molar-refractivity contribution is 5.93. The van der Waals surface area contributed by atoms with Crippen molar-refractivity contribution in [1.82, 2.24) is 14.9 Å². The van der Waals surface area contributed by atoms with E-state index in [2.05, 4.69) is 39.9 Å². The molecular weight excluding hydrogens is 378 g/mol. The number of anilines is 1. The fourth-order valence-corrected chi connectivity index (χ4v) is 3.05. The van der Waals surface area contributed by atoms with Gasteiger partial charge in [0, 0.05) is 37.2 Å². The summed E-state index contributed by atoms with van der Waals surface area (Å²) in [5.74, 6) is 2.12. The van der Waals surface area contributed by atoms with Crippen molar-refractivity contribution in [3.63, 3.8) is 0 Å². The second kappa shape index (κ2) is 10.9. The number of nitrogens with zero attached hydrogens (tertiary/aromatic N) is 3. The molecule has 7 nitrogen and oxygen atoms in total. The van der Waals surface area contributed by atoms with Crippen molar-refractivity contribution in [3.05, 3.63) is 72.3 Å². The SMILES string of the molecule is CCNC(=NCc1cccc(Cn2ccnc2)c1)Nc1ccc(OCC)c(OC)c1. The zero-order valence-corrected chi connectivity index (χ0v) is 17.8. The Hall–Kier alpha value is -3.48. The molecule has 30 heavy (non-hydrogen) atoms. The molecule has 0 aliphatic heterocycles. The maximum Gasteiger partial charge on any atom is 0.196 e. The third kappa shape index (κ3) is 6.01. The predicted octanol–water partition coefficient (Wildman–Crippen LogP) is 3.92. The second-order valence-corrected chi connectivity index (χ2v) is 6.67. The molecule has 3 rings (SSSR count). The molecule has 158 valence electrons. The minimum atomic E-state index is 0.571. The minimum Gasteiger partial charge on any atom is -0.493 e. The van der Waals surface area contributed by atoms with E-state index in [1.54, 1.807) is 13.3 Å². The molecule has 0 fully saturated rings. The van der Waals surface area contributed by atoms with Gasteiger partial charge in [0.2, 0.25) is 0 Å². The third-order valence-corrected chi connectivity index (χ3v) is 4.41. The van der Waals surface area contributed by atoms with Crippen LogP contribution in [0.5, 0.6) is 11.5 Å². The number of rotatable bonds is 9. The van der Waals surface area contributed by atoms with Gasteiger partial charge in [-0.2, -0.15) is 0 Å². The molecule has 0 amide bonds. The van der Waals surface area contributed by atoms with Crippen molar-refractivity contribution in [1.29, 1.82) is 0 Å². The van der Waals surface area contributed by atoms with E-state index in [0.717, 1.165) is 30.1 Å². The number of guanidine groups is 1. The van der Waals surface area contributed by atoms with Crippen LogP contribution in [0.2, 0.25) is 0 Å². The second-order valence-electron chi connectivity index (χ2n) is 6.67. The number of hydrogen-bond donors (Lipinski definition) is 2. The van der Waals surface area contributed by atoms with Crippen molar-refractivity contribution in [2.45, 2.75) is 26.9 Å². The Balaban J connectivity index is 1.70. The van der Waals surface area contributed by atoms with Crippen LogP contribution in [0.3, 0.4) is 0 Å². The van der Waals surface area contributed by atoms with Gasteiger partial charge in [-0.05, 0) is 37.1 Å². The molecule has 0 saturated carbocycles. The fourth-order valence-electron chi connectivity index (χ4n) is 3.05. The Morgan fingerprint density at radius 1 is 1.10 bits per heavy atom. The molecule has 0 saturated heterocycles. The monoisotopic (exact) mass is 407 g/mol. The smallest absolute Gasteiger partial charge is 0.196 e. The van der Waals surface area contributed by atoms with Gasteiger partial charge >= 0.3 is 0 Å². The Kier molecular flexibility index (Phi) is 7.71. The lowest BCUT2D eigenvalue weighted by atomic mass is 10.1. The lowest BCUT2D eigenvalue weighted by Crippen LogP contribution is -2.30. The maximum absolute atomic E-state index is 5.59. The fraction of sp³-hybridized carbons (Fsp3) is 0.304. The van der Waals surface area contributed by atoms with Crippen molar-refractivity contribution in [3.8, 4) is 11.5 Å². The van der Waals surface area contributed by atoms with Crippen LogP contribution in [0.1, 0.15) is 25.0 Å². The molecule has 1 heterocycles. The van der Waals surface area contributed by atoms with Crippen LogP contribution < -0.4 is 20.1 Å². The normalized spacial score (nSPS) is 11.2. The maximum atomic E-state index is 5.59. The first-order valence-corrected chi connectivity index (χ1v) is 10.1. The Morgan fingerprint density at radius 3 is 2.70 bits per heavy atom. The highest BCUT2D eigenvalue weighted by Gasteiger charge is 2.07. The summed E-state index contributed by atoms with van der Waals surface area (Å²) in [6.07, 6.45) is 5.57. The average Bonchev–Trinajstić information content (AvgIpc) is 3.26. The van der Waals surface area contributed by atoms with Crippen LogP contribution in [0, 0.1) is 0 Å². The number of hydrogen-bond acceptors (Lipinski definition) is 4. The zero-order chi connectivity index (χ0) is 21.2. The standard InChI is InChI=1S/C23H29N5O2/c1-4-25-23(27-20-9-10-21(30-5-2)22(14-20)29-3)26-15-18-7-6-8-19(13-18)16-28-12-11-24-17-28/h6-14,17H,4-5,15-16H2,1-3H3,(H2,25,26,27). The number of ether oxygens (including phenoxy) is 2. The lowest BCUT2D eigenvalue weighted by Gasteiger charge is -2.14. The predicted molar refractivity (Wildman–Crippen MR) is 120 cm³/mol. The number of benzene rings is 2. The van der Waals surface area contributed by atoms with Crippen LogP contribution in [-0.4, -0.2) is 35.8 Å². The molecule has 0 aliphatic rings. The van der Waals surface area contributed by atoms with Crippen LogP contribution in [0.15, 0.2) is 66.2 Å². The van der Waals surface area contributed by atoms with Gasteiger partial charge in [-0.1, -0.05) is 24.3 Å². The summed E-state index contributed by atoms with van der Waals surface area (Å²) < 4.78 is 13.1. The van der Waals surface area contributed by atoms with E-state index < -0.39 is 0 Å². The third-order valence-electron chi connectivity index (χ3n) is 4.41. The molecule has 1 aromatic heterocycles. The Morgan fingerprint density at radius 2 is 1.97 bits per heavy atom. The molecule has 2 aromatic carbocycles. The molecule has 7 heteroatoms. The summed E-state index contributed by atoms with van der Waals surface area (Å²) >= 11 is 0. The molecule has 3 aromatic rings. The van der Waals surface area contributed by atoms with Crippen molar-refractivity contribution < 1.29 is 9.47 Å². The first kappa shape index (κ1) is 21.2. The zero-order valence-electron chi connectivity index (χ0n) is 17.8. The number of aromatic nitrogens is 2. The van der Waals surface area contributed by atoms with Crippen LogP contribution in [0.4, 0.5) is 5.69 Å². The largest absolute Gasteiger partial charge is 0.493 e. The van der Waals surface area contributed by atoms with Crippen molar-refractivity contribution in [2.75, 3.05) is 25.6 Å². The molecule has 0 unspecified atom stereocenters. The first-order valence-electron chi connectivity index (χ1n) is 10.1. The van der Waals surface area contributed by atoms with Gasteiger partial charge in [-0.15, -0.1) is 0 Å². The van der Waals surface area contributed by atoms with Gasteiger partial charge < -0.3 is 24.7 Å². The van der Waals surface area contributed by atoms with E-state index in [9.17, 15) is 0 Å². The number of methoxy groups -OCH3 is 1. The molecule has 0 spiro atoms. The van der Waals surface area contributed by atoms with E-state index in [4.69, 9.17) is 14.5 Å². The highest BCUT2D eigenvalue weighted by atomic mass is 16.5. The van der Waals surface area contributed by atoms with Gasteiger partial charge in [-0.3, -0.25) is 0 Å². The number of aliphatic imine (C=N–C) groups is 1. The number of nitrogens with one attached hydrogen (secondary N) is 2. The van der Waals surface area contributed by atoms with E-state index in [-0.39, 0.29) is 0 Å². The quantitative estimate of drug-likeness (QED) is 0.416. The van der Waals surface area contributed by atoms with Crippen molar-refractivity contribution in [2.24, 2.45) is 4.99 Å². The van der Waals surface area contributed by atoms with Gasteiger partial charge in [0.1, 0.15) is 0 Å². The topological polar surface area (TPSA) is 72.7 Å². The van der Waals surface area contributed by atoms with Gasteiger partial charge in [0.25, 0.3) is 0 Å². The Labute approximate surface area is 177 Å². The van der Waals surface area contributed by atoms with E-state index in [1.165, 1.54) is 5.56 Å². The summed E-state index contributed by atoms with van der Waals surface area (Å²) in [5.41, 5.74) is 3.24. The molecule has 0 atom stereocenters. The van der Waals surface area contributed by atoms with Gasteiger partial charge in [-0.25, -0.2) is 9.98 Å². The van der Waals surface area contributed by atoms with E-state index in [1.807, 2.05) is 49.1 Å². The first-order chi connectivity index (χ1) is 14.7. The Bertz CT molecular complexity index is 954. The van der Waals surface area contributed by atoms with Gasteiger partial charge in [0.15, 0.2) is 17.5 Å². The van der Waals surface area contributed by atoms with Crippen LogP contribution >= 0.6 is 0 Å². The van der Waals surface area contributed by atoms with Gasteiger partial charge in [0.05, 0.1) is 26.6 Å². The highest BCUT2D eigenvalue weighted by Crippen LogP contribution is 2.30. The summed E-state index contributed by atoms with van der Waals surface area (Å²) in [5, 5.41) is 6.62. The summed E-state index contributed by atoms with van der Waals surface area (Å²) in [4.78, 5) is 8.83. The molecular formula is C23H29N5O2.